The molecular formula is C25H39GdN5O9+3. The number of fused-ring (bicyclic) bond motifs is 2. The fourth-order valence-electron chi connectivity index (χ4n) is 4.31. The van der Waals surface area contributed by atoms with Gasteiger partial charge in [-0.3, -0.25) is 38.9 Å². The van der Waals surface area contributed by atoms with Crippen LogP contribution in [0.1, 0.15) is 38.1 Å². The average Bonchev–Trinajstić information content (AvgIpc) is 2.89. The molecule has 2 heterocycles. The Balaban J connectivity index is 0.00000800. The van der Waals surface area contributed by atoms with Gasteiger partial charge >= 0.3 is 57.8 Å². The van der Waals surface area contributed by atoms with Gasteiger partial charge in [-0.15, -0.1) is 0 Å². The number of aliphatic hydroxyl groups excluding tert-OH is 2. The number of carbonyl (C=O) groups excluding carboxylic acids is 1. The van der Waals surface area contributed by atoms with E-state index in [0.29, 0.717) is 11.4 Å². The van der Waals surface area contributed by atoms with Gasteiger partial charge in [0.2, 0.25) is 5.91 Å². The molecule has 223 valence electrons. The summed E-state index contributed by atoms with van der Waals surface area (Å²) >= 11 is 0. The van der Waals surface area contributed by atoms with E-state index in [1.165, 1.54) is 0 Å². The van der Waals surface area contributed by atoms with Crippen molar-refractivity contribution in [1.82, 2.24) is 25.0 Å². The van der Waals surface area contributed by atoms with E-state index in [1.54, 1.807) is 46.7 Å². The maximum atomic E-state index is 12.3. The van der Waals surface area contributed by atoms with Crippen LogP contribution in [0.4, 0.5) is 0 Å². The molecule has 1 amide bonds. The molecule has 40 heavy (non-hydrogen) atoms. The number of aromatic nitrogens is 1. The number of carbonyl (C=O) groups is 4. The Labute approximate surface area is 265 Å². The molecule has 4 unspecified atom stereocenters. The summed E-state index contributed by atoms with van der Waals surface area (Å²) in [6.45, 7) is 3.43. The van der Waals surface area contributed by atoms with Crippen molar-refractivity contribution < 1.29 is 84.7 Å². The standard InChI is InChI=1S/C25H39N5O9.Gd/c1-16(23(34)35)29-10-8-28(21(25(38)39)6-7-22(33)26-12-20(32)15-31)9-11-30(17(2)24(36)37)14-19-5-3-4-18(13-29)27-19;/h3-5,16-17,20-21,31-32H,6-15H2,1-2H3,(H,26,33)(H,34,35)(H,36,37)(H,38,39);/q;+3. The van der Waals surface area contributed by atoms with Crippen LogP contribution in [0.2, 0.25) is 0 Å². The molecule has 14 nitrogen and oxygen atoms in total. The minimum absolute atomic E-state index is 0. The van der Waals surface area contributed by atoms with Crippen LogP contribution in [0.15, 0.2) is 18.2 Å². The molecule has 1 aliphatic rings. The van der Waals surface area contributed by atoms with Gasteiger partial charge in [0, 0.05) is 52.2 Å². The Morgan fingerprint density at radius 1 is 0.875 bits per heavy atom. The van der Waals surface area contributed by atoms with Crippen LogP contribution in [-0.4, -0.2) is 133 Å². The number of amides is 1. The zero-order valence-electron chi connectivity index (χ0n) is 22.6. The summed E-state index contributed by atoms with van der Waals surface area (Å²) in [5.41, 5.74) is 1.21. The second-order valence-electron chi connectivity index (χ2n) is 9.66. The molecule has 2 bridgehead atoms. The van der Waals surface area contributed by atoms with Gasteiger partial charge in [-0.25, -0.2) is 0 Å². The number of nitrogens with zero attached hydrogens (tertiary/aromatic N) is 4. The fourth-order valence-corrected chi connectivity index (χ4v) is 4.31. The van der Waals surface area contributed by atoms with Crippen molar-refractivity contribution in [2.45, 2.75) is 64.0 Å². The Morgan fingerprint density at radius 3 is 1.77 bits per heavy atom. The molecule has 4 atom stereocenters. The third-order valence-corrected chi connectivity index (χ3v) is 6.87. The molecule has 0 spiro atoms. The maximum Gasteiger partial charge on any atom is 3.00 e. The number of aliphatic hydroxyl groups is 2. The molecule has 0 saturated heterocycles. The fraction of sp³-hybridized carbons (Fsp3) is 0.640. The van der Waals surface area contributed by atoms with Crippen LogP contribution in [0.5, 0.6) is 0 Å². The van der Waals surface area contributed by atoms with E-state index in [0.717, 1.165) is 0 Å². The van der Waals surface area contributed by atoms with E-state index in [9.17, 15) is 39.6 Å². The molecular weight excluding hydrogens is 672 g/mol. The van der Waals surface area contributed by atoms with Gasteiger partial charge in [0.05, 0.1) is 24.1 Å². The summed E-state index contributed by atoms with van der Waals surface area (Å²) in [5.74, 6) is -3.74. The van der Waals surface area contributed by atoms with Gasteiger partial charge < -0.3 is 30.8 Å². The topological polar surface area (TPSA) is 204 Å². The Hall–Kier alpha value is -1.85. The van der Waals surface area contributed by atoms with E-state index < -0.39 is 54.7 Å². The summed E-state index contributed by atoms with van der Waals surface area (Å²) in [4.78, 5) is 57.7. The van der Waals surface area contributed by atoms with E-state index in [-0.39, 0.29) is 98.6 Å². The van der Waals surface area contributed by atoms with Crippen LogP contribution in [0.3, 0.4) is 0 Å². The van der Waals surface area contributed by atoms with Gasteiger partial charge in [-0.05, 0) is 32.4 Å². The molecule has 0 saturated carbocycles. The summed E-state index contributed by atoms with van der Waals surface area (Å²) < 4.78 is 0. The average molecular weight is 711 g/mol. The maximum absolute atomic E-state index is 12.3. The van der Waals surface area contributed by atoms with Crippen molar-refractivity contribution in [2.75, 3.05) is 39.3 Å². The first-order chi connectivity index (χ1) is 18.4. The first kappa shape index (κ1) is 36.2. The summed E-state index contributed by atoms with van der Waals surface area (Å²) in [7, 11) is 0. The molecule has 6 N–H and O–H groups in total. The molecule has 1 aliphatic heterocycles. The van der Waals surface area contributed by atoms with Gasteiger partial charge in [-0.1, -0.05) is 6.07 Å². The summed E-state index contributed by atoms with van der Waals surface area (Å²) in [6.07, 6.45) is -1.36. The minimum atomic E-state index is -1.17. The summed E-state index contributed by atoms with van der Waals surface area (Å²) in [5, 5.41) is 50.1. The van der Waals surface area contributed by atoms with Crippen LogP contribution in [0, 0.1) is 39.9 Å². The SMILES string of the molecule is CC(C(=O)O)N1CCN(C(CCC(=O)NCC(O)CO)C(=O)O)CCN(C(C)C(=O)O)Cc2cccc(n2)C1.[Gd+3]. The first-order valence-electron chi connectivity index (χ1n) is 12.8. The largest absolute Gasteiger partial charge is 3.00 e. The number of hydrogen-bond acceptors (Lipinski definition) is 10. The van der Waals surface area contributed by atoms with Crippen LogP contribution < -0.4 is 5.32 Å². The van der Waals surface area contributed by atoms with Crippen molar-refractivity contribution in [3.63, 3.8) is 0 Å². The second kappa shape index (κ2) is 17.9. The van der Waals surface area contributed by atoms with Crippen LogP contribution >= 0.6 is 0 Å². The quantitative estimate of drug-likeness (QED) is 0.149. The molecule has 2 rings (SSSR count). The number of carboxylic acids is 3. The molecule has 15 heteroatoms. The Kier molecular flexibility index (Phi) is 16.2. The smallest absolute Gasteiger partial charge is 0.480 e. The van der Waals surface area contributed by atoms with Gasteiger partial charge in [-0.2, -0.15) is 0 Å². The van der Waals surface area contributed by atoms with Crippen molar-refractivity contribution in [2.24, 2.45) is 0 Å². The normalized spacial score (nSPS) is 18.6. The molecule has 1 radical (unpaired) electrons. The van der Waals surface area contributed by atoms with Crippen molar-refractivity contribution >= 4 is 23.8 Å². The van der Waals surface area contributed by atoms with Crippen molar-refractivity contribution in [1.29, 1.82) is 0 Å². The zero-order valence-corrected chi connectivity index (χ0v) is 24.9. The molecule has 0 aromatic carbocycles. The van der Waals surface area contributed by atoms with E-state index in [2.05, 4.69) is 10.3 Å². The molecule has 1 aromatic rings. The minimum Gasteiger partial charge on any atom is -0.480 e. The Bertz CT molecular complexity index is 952. The molecule has 1 aromatic heterocycles. The third kappa shape index (κ3) is 11.6. The number of nitrogens with one attached hydrogen (secondary N) is 1. The van der Waals surface area contributed by atoms with Crippen molar-refractivity contribution in [3.8, 4) is 0 Å². The van der Waals surface area contributed by atoms with Crippen LogP contribution in [-0.2, 0) is 32.3 Å². The van der Waals surface area contributed by atoms with E-state index in [1.807, 2.05) is 0 Å². The predicted octanol–water partition coefficient (Wildman–Crippen LogP) is -1.35. The van der Waals surface area contributed by atoms with Gasteiger partial charge in [0.15, 0.2) is 0 Å². The summed E-state index contributed by atoms with van der Waals surface area (Å²) in [6, 6.07) is 2.43. The number of carboxylic acid groups (broad SMARTS) is 3. The van der Waals surface area contributed by atoms with E-state index >= 15 is 0 Å². The number of rotatable bonds is 12. The van der Waals surface area contributed by atoms with Gasteiger partial charge in [0.25, 0.3) is 0 Å². The molecule has 0 aliphatic carbocycles. The number of pyridine rings is 1. The predicted molar refractivity (Wildman–Crippen MR) is 138 cm³/mol. The molecule has 0 fully saturated rings. The second-order valence-corrected chi connectivity index (χ2v) is 9.66. The van der Waals surface area contributed by atoms with Crippen molar-refractivity contribution in [3.05, 3.63) is 29.6 Å². The van der Waals surface area contributed by atoms with E-state index in [4.69, 9.17) is 5.11 Å². The Morgan fingerprint density at radius 2 is 1.35 bits per heavy atom. The monoisotopic (exact) mass is 711 g/mol. The van der Waals surface area contributed by atoms with Gasteiger partial charge in [0.1, 0.15) is 18.1 Å². The number of hydrogen-bond donors (Lipinski definition) is 6. The zero-order chi connectivity index (χ0) is 29.1. The first-order valence-corrected chi connectivity index (χ1v) is 12.8. The van der Waals surface area contributed by atoms with Crippen LogP contribution in [0.25, 0.3) is 0 Å². The third-order valence-electron chi connectivity index (χ3n) is 6.87. The number of aliphatic carboxylic acids is 3.